The van der Waals surface area contributed by atoms with E-state index in [9.17, 15) is 9.59 Å². The number of hydrogen-bond acceptors (Lipinski definition) is 5. The highest BCUT2D eigenvalue weighted by molar-refractivity contribution is 5.97. The zero-order valence-corrected chi connectivity index (χ0v) is 17.9. The summed E-state index contributed by atoms with van der Waals surface area (Å²) < 4.78 is 16.9. The van der Waals surface area contributed by atoms with Gasteiger partial charge < -0.3 is 24.4 Å². The maximum Gasteiger partial charge on any atom is 0.246 e. The van der Waals surface area contributed by atoms with E-state index < -0.39 is 6.04 Å². The maximum absolute atomic E-state index is 12.7. The Labute approximate surface area is 182 Å². The fraction of sp³-hybridized carbons (Fsp3) is 0.417. The van der Waals surface area contributed by atoms with Crippen molar-refractivity contribution < 1.29 is 23.8 Å². The third-order valence-corrected chi connectivity index (χ3v) is 5.89. The van der Waals surface area contributed by atoms with Gasteiger partial charge in [0.2, 0.25) is 11.8 Å². The maximum atomic E-state index is 12.7. The Balaban J connectivity index is 1.45. The van der Waals surface area contributed by atoms with Crippen molar-refractivity contribution in [3.8, 4) is 11.5 Å². The van der Waals surface area contributed by atoms with Gasteiger partial charge in [-0.1, -0.05) is 24.3 Å². The average molecular weight is 424 g/mol. The molecule has 2 aliphatic rings. The summed E-state index contributed by atoms with van der Waals surface area (Å²) in [4.78, 5) is 27.0. The summed E-state index contributed by atoms with van der Waals surface area (Å²) in [6, 6.07) is 14.5. The van der Waals surface area contributed by atoms with E-state index in [1.165, 1.54) is 0 Å². The number of likely N-dealkylation sites (tertiary alicyclic amines) is 1. The van der Waals surface area contributed by atoms with Gasteiger partial charge in [-0.3, -0.25) is 9.59 Å². The topological polar surface area (TPSA) is 77.1 Å². The first-order chi connectivity index (χ1) is 15.0. The molecular formula is C24H28N2O5. The largest absolute Gasteiger partial charge is 0.493 e. The van der Waals surface area contributed by atoms with Crippen molar-refractivity contribution in [3.05, 3.63) is 54.1 Å². The van der Waals surface area contributed by atoms with Gasteiger partial charge >= 0.3 is 0 Å². The van der Waals surface area contributed by atoms with Crippen molar-refractivity contribution in [2.75, 3.05) is 32.2 Å². The number of methoxy groups -OCH3 is 1. The Morgan fingerprint density at radius 2 is 2.00 bits per heavy atom. The van der Waals surface area contributed by atoms with Crippen molar-refractivity contribution in [1.82, 2.24) is 4.90 Å². The lowest BCUT2D eigenvalue weighted by Crippen LogP contribution is -2.42. The van der Waals surface area contributed by atoms with E-state index in [2.05, 4.69) is 5.32 Å². The first kappa shape index (κ1) is 21.2. The summed E-state index contributed by atoms with van der Waals surface area (Å²) in [6.07, 6.45) is 1.21. The molecule has 0 saturated carbocycles. The lowest BCUT2D eigenvalue weighted by molar-refractivity contribution is -0.134. The molecule has 0 aliphatic carbocycles. The molecule has 2 fully saturated rings. The highest BCUT2D eigenvalue weighted by Crippen LogP contribution is 2.36. The number of hydrogen-bond donors (Lipinski definition) is 1. The van der Waals surface area contributed by atoms with Gasteiger partial charge in [0.25, 0.3) is 0 Å². The lowest BCUT2D eigenvalue weighted by Gasteiger charge is -2.24. The molecule has 2 aromatic rings. The number of carbonyl (C=O) groups is 2. The normalized spacial score (nSPS) is 21.7. The minimum absolute atomic E-state index is 0.00689. The van der Waals surface area contributed by atoms with Gasteiger partial charge in [0.1, 0.15) is 12.1 Å². The molecular weight excluding hydrogens is 396 g/mol. The third-order valence-electron chi connectivity index (χ3n) is 5.89. The Kier molecular flexibility index (Phi) is 6.42. The molecule has 0 radical (unpaired) electrons. The van der Waals surface area contributed by atoms with Crippen LogP contribution in [0.4, 0.5) is 5.69 Å². The van der Waals surface area contributed by atoms with Crippen molar-refractivity contribution in [2.24, 2.45) is 0 Å². The molecule has 2 amide bonds. The minimum Gasteiger partial charge on any atom is -0.493 e. The summed E-state index contributed by atoms with van der Waals surface area (Å²) in [6.45, 7) is 3.51. The van der Waals surface area contributed by atoms with Crippen LogP contribution >= 0.6 is 0 Å². The highest BCUT2D eigenvalue weighted by atomic mass is 16.6. The zero-order chi connectivity index (χ0) is 21.8. The van der Waals surface area contributed by atoms with E-state index in [1.807, 2.05) is 48.5 Å². The number of carbonyl (C=O) groups excluding carboxylic acids is 2. The number of nitrogens with zero attached hydrogens (tertiary/aromatic N) is 1. The van der Waals surface area contributed by atoms with Crippen molar-refractivity contribution in [1.29, 1.82) is 0 Å². The molecule has 2 aromatic carbocycles. The van der Waals surface area contributed by atoms with Crippen LogP contribution in [0.25, 0.3) is 0 Å². The second-order valence-electron chi connectivity index (χ2n) is 7.99. The molecule has 4 rings (SSSR count). The van der Waals surface area contributed by atoms with E-state index >= 15 is 0 Å². The SMILES string of the molecule is COc1ccc(C2CC(=O)N(C(C)C(=O)Nc3ccccc3)C2)cc1OC1CCOC1. The van der Waals surface area contributed by atoms with Crippen molar-refractivity contribution in [3.63, 3.8) is 0 Å². The van der Waals surface area contributed by atoms with Crippen LogP contribution in [0, 0.1) is 0 Å². The molecule has 2 heterocycles. The monoisotopic (exact) mass is 424 g/mol. The molecule has 31 heavy (non-hydrogen) atoms. The van der Waals surface area contributed by atoms with Crippen molar-refractivity contribution in [2.45, 2.75) is 37.8 Å². The number of para-hydroxylation sites is 1. The van der Waals surface area contributed by atoms with E-state index in [0.717, 1.165) is 17.7 Å². The van der Waals surface area contributed by atoms with E-state index in [1.54, 1.807) is 18.9 Å². The number of benzene rings is 2. The second-order valence-corrected chi connectivity index (χ2v) is 7.99. The van der Waals surface area contributed by atoms with Crippen LogP contribution in [0.5, 0.6) is 11.5 Å². The van der Waals surface area contributed by atoms with E-state index in [0.29, 0.717) is 37.7 Å². The van der Waals surface area contributed by atoms with Crippen molar-refractivity contribution >= 4 is 17.5 Å². The molecule has 3 atom stereocenters. The van der Waals surface area contributed by atoms with Gasteiger partial charge in [-0.15, -0.1) is 0 Å². The smallest absolute Gasteiger partial charge is 0.246 e. The first-order valence-electron chi connectivity index (χ1n) is 10.6. The van der Waals surface area contributed by atoms with Crippen LogP contribution in [0.2, 0.25) is 0 Å². The van der Waals surface area contributed by atoms with E-state index in [-0.39, 0.29) is 23.8 Å². The second kappa shape index (κ2) is 9.39. The fourth-order valence-electron chi connectivity index (χ4n) is 4.06. The van der Waals surface area contributed by atoms with Crippen LogP contribution < -0.4 is 14.8 Å². The quantitative estimate of drug-likeness (QED) is 0.739. The van der Waals surface area contributed by atoms with Gasteiger partial charge in [-0.2, -0.15) is 0 Å². The molecule has 7 nitrogen and oxygen atoms in total. The Hall–Kier alpha value is -3.06. The van der Waals surface area contributed by atoms with Gasteiger partial charge in [0, 0.05) is 31.0 Å². The number of ether oxygens (including phenoxy) is 3. The number of rotatable bonds is 7. The molecule has 7 heteroatoms. The van der Waals surface area contributed by atoms with Gasteiger partial charge in [0.05, 0.1) is 20.3 Å². The zero-order valence-electron chi connectivity index (χ0n) is 17.9. The molecule has 2 aliphatic heterocycles. The van der Waals surface area contributed by atoms with Gasteiger partial charge in [-0.05, 0) is 36.8 Å². The summed E-state index contributed by atoms with van der Waals surface area (Å²) in [5, 5.41) is 2.88. The molecule has 0 bridgehead atoms. The molecule has 1 N–H and O–H groups in total. The van der Waals surface area contributed by atoms with Crippen LogP contribution in [0.1, 0.15) is 31.2 Å². The Morgan fingerprint density at radius 3 is 2.71 bits per heavy atom. The number of nitrogens with one attached hydrogen (secondary N) is 1. The average Bonchev–Trinajstić information content (AvgIpc) is 3.43. The summed E-state index contributed by atoms with van der Waals surface area (Å²) in [5.41, 5.74) is 1.72. The summed E-state index contributed by atoms with van der Waals surface area (Å²) in [7, 11) is 1.61. The third kappa shape index (κ3) is 4.82. The number of anilines is 1. The Morgan fingerprint density at radius 1 is 1.19 bits per heavy atom. The molecule has 3 unspecified atom stereocenters. The van der Waals surface area contributed by atoms with Crippen LogP contribution in [-0.2, 0) is 14.3 Å². The summed E-state index contributed by atoms with van der Waals surface area (Å²) >= 11 is 0. The predicted molar refractivity (Wildman–Crippen MR) is 116 cm³/mol. The van der Waals surface area contributed by atoms with Gasteiger partial charge in [-0.25, -0.2) is 0 Å². The summed E-state index contributed by atoms with van der Waals surface area (Å²) in [5.74, 6) is 1.10. The first-order valence-corrected chi connectivity index (χ1v) is 10.6. The number of amides is 2. The molecule has 164 valence electrons. The molecule has 0 spiro atoms. The highest BCUT2D eigenvalue weighted by Gasteiger charge is 2.36. The predicted octanol–water partition coefficient (Wildman–Crippen LogP) is 3.21. The standard InChI is InChI=1S/C24H28N2O5/c1-16(24(28)25-19-6-4-3-5-7-19)26-14-18(13-23(26)27)17-8-9-21(29-2)22(12-17)31-20-10-11-30-15-20/h3-9,12,16,18,20H,10-11,13-15H2,1-2H3,(H,25,28). The lowest BCUT2D eigenvalue weighted by atomic mass is 9.98. The van der Waals surface area contributed by atoms with Crippen LogP contribution in [-0.4, -0.2) is 55.7 Å². The Bertz CT molecular complexity index is 927. The van der Waals surface area contributed by atoms with Crippen LogP contribution in [0.15, 0.2) is 48.5 Å². The van der Waals surface area contributed by atoms with Gasteiger partial charge in [0.15, 0.2) is 11.5 Å². The minimum atomic E-state index is -0.553. The molecule has 2 saturated heterocycles. The molecule has 0 aromatic heterocycles. The van der Waals surface area contributed by atoms with Crippen LogP contribution in [0.3, 0.4) is 0 Å². The fourth-order valence-corrected chi connectivity index (χ4v) is 4.06. The van der Waals surface area contributed by atoms with E-state index in [4.69, 9.17) is 14.2 Å².